The van der Waals surface area contributed by atoms with E-state index in [0.29, 0.717) is 6.54 Å². The van der Waals surface area contributed by atoms with Gasteiger partial charge in [0, 0.05) is 25.7 Å². The Labute approximate surface area is 203 Å². The van der Waals surface area contributed by atoms with E-state index in [1.807, 2.05) is 63.7 Å². The molecule has 1 saturated heterocycles. The van der Waals surface area contributed by atoms with Crippen molar-refractivity contribution in [3.8, 4) is 10.4 Å². The fraction of sp³-hybridized carbons (Fsp3) is 0.440. The van der Waals surface area contributed by atoms with Gasteiger partial charge < -0.3 is 15.3 Å². The average Bonchev–Trinajstić information content (AvgIpc) is 3.52. The van der Waals surface area contributed by atoms with E-state index in [1.165, 1.54) is 4.90 Å². The van der Waals surface area contributed by atoms with Gasteiger partial charge in [-0.25, -0.2) is 4.98 Å². The molecule has 1 aliphatic heterocycles. The molecule has 3 heterocycles. The molecule has 3 unspecified atom stereocenters. The summed E-state index contributed by atoms with van der Waals surface area (Å²) in [5.74, 6) is -0.473. The van der Waals surface area contributed by atoms with Gasteiger partial charge in [-0.2, -0.15) is 5.10 Å². The number of benzene rings is 1. The van der Waals surface area contributed by atoms with Crippen molar-refractivity contribution >= 4 is 23.2 Å². The minimum Gasteiger partial charge on any atom is -0.391 e. The number of hydrogen-bond donors (Lipinski definition) is 2. The summed E-state index contributed by atoms with van der Waals surface area (Å²) in [6.45, 7) is 8.31. The van der Waals surface area contributed by atoms with Crippen LogP contribution in [0.2, 0.25) is 0 Å². The van der Waals surface area contributed by atoms with Crippen LogP contribution in [-0.2, 0) is 16.1 Å². The van der Waals surface area contributed by atoms with Crippen molar-refractivity contribution in [3.05, 3.63) is 59.0 Å². The molecule has 180 valence electrons. The number of carbonyl (C=O) groups excluding carboxylic acids is 2. The Morgan fingerprint density at radius 2 is 1.97 bits per heavy atom. The van der Waals surface area contributed by atoms with Crippen LogP contribution in [0.4, 0.5) is 0 Å². The number of likely N-dealkylation sites (tertiary alicyclic amines) is 1. The Hall–Kier alpha value is -3.04. The van der Waals surface area contributed by atoms with Crippen LogP contribution in [0.5, 0.6) is 0 Å². The summed E-state index contributed by atoms with van der Waals surface area (Å²) in [5.41, 5.74) is 5.85. The lowest BCUT2D eigenvalue weighted by Crippen LogP contribution is -2.49. The van der Waals surface area contributed by atoms with E-state index in [0.717, 1.165) is 27.3 Å². The normalized spacial score (nSPS) is 18.9. The van der Waals surface area contributed by atoms with E-state index in [1.54, 1.807) is 22.2 Å². The Morgan fingerprint density at radius 3 is 2.56 bits per heavy atom. The molecular weight excluding hydrogens is 450 g/mol. The zero-order valence-corrected chi connectivity index (χ0v) is 20.7. The number of nitrogens with zero attached hydrogens (tertiary/aromatic N) is 4. The molecule has 34 heavy (non-hydrogen) atoms. The first-order chi connectivity index (χ1) is 16.2. The highest BCUT2D eigenvalue weighted by Crippen LogP contribution is 2.28. The molecule has 2 N–H and O–H groups in total. The van der Waals surface area contributed by atoms with Gasteiger partial charge in [0.15, 0.2) is 0 Å². The molecular formula is C25H31N5O3S. The molecule has 1 aromatic carbocycles. The topological polar surface area (TPSA) is 100 Å². The number of nitrogens with one attached hydrogen (secondary N) is 1. The number of aryl methyl sites for hydroxylation is 2. The van der Waals surface area contributed by atoms with Gasteiger partial charge in [0.25, 0.3) is 0 Å². The van der Waals surface area contributed by atoms with E-state index >= 15 is 0 Å². The van der Waals surface area contributed by atoms with E-state index in [9.17, 15) is 14.7 Å². The predicted octanol–water partition coefficient (Wildman–Crippen LogP) is 3.10. The maximum Gasteiger partial charge on any atom is 0.248 e. The van der Waals surface area contributed by atoms with E-state index in [2.05, 4.69) is 15.4 Å². The molecule has 2 amide bonds. The fourth-order valence-electron chi connectivity index (χ4n) is 4.42. The lowest BCUT2D eigenvalue weighted by Gasteiger charge is -2.30. The Morgan fingerprint density at radius 1 is 1.24 bits per heavy atom. The zero-order chi connectivity index (χ0) is 24.4. The molecule has 0 spiro atoms. The number of carbonyl (C=O) groups is 2. The second-order valence-electron chi connectivity index (χ2n) is 9.26. The van der Waals surface area contributed by atoms with E-state index in [-0.39, 0.29) is 30.7 Å². The van der Waals surface area contributed by atoms with Gasteiger partial charge >= 0.3 is 0 Å². The van der Waals surface area contributed by atoms with Crippen LogP contribution in [0.15, 0.2) is 42.2 Å². The molecule has 8 nitrogen and oxygen atoms in total. The third kappa shape index (κ3) is 5.05. The number of aliphatic hydroxyl groups excluding tert-OH is 1. The minimum atomic E-state index is -0.728. The lowest BCUT2D eigenvalue weighted by atomic mass is 10.0. The summed E-state index contributed by atoms with van der Waals surface area (Å²) in [7, 11) is 0. The summed E-state index contributed by atoms with van der Waals surface area (Å²) in [6.07, 6.45) is 3.05. The molecule has 2 aromatic heterocycles. The largest absolute Gasteiger partial charge is 0.391 e. The predicted molar refractivity (Wildman–Crippen MR) is 131 cm³/mol. The van der Waals surface area contributed by atoms with E-state index in [4.69, 9.17) is 0 Å². The maximum absolute atomic E-state index is 13.5. The fourth-order valence-corrected chi connectivity index (χ4v) is 5.24. The molecule has 0 aliphatic carbocycles. The van der Waals surface area contributed by atoms with Crippen molar-refractivity contribution in [1.82, 2.24) is 25.0 Å². The van der Waals surface area contributed by atoms with Gasteiger partial charge in [0.05, 0.1) is 28.4 Å². The van der Waals surface area contributed by atoms with Crippen LogP contribution in [0.1, 0.15) is 43.1 Å². The quantitative estimate of drug-likeness (QED) is 0.540. The molecule has 3 aromatic rings. The smallest absolute Gasteiger partial charge is 0.248 e. The number of rotatable bonds is 7. The first-order valence-electron chi connectivity index (χ1n) is 11.5. The van der Waals surface area contributed by atoms with Gasteiger partial charge in [-0.1, -0.05) is 38.1 Å². The Bertz CT molecular complexity index is 1150. The minimum absolute atomic E-state index is 0.0195. The summed E-state index contributed by atoms with van der Waals surface area (Å²) < 4.78 is 1.66. The highest BCUT2D eigenvalue weighted by Gasteiger charge is 2.42. The van der Waals surface area contributed by atoms with Crippen molar-refractivity contribution in [2.24, 2.45) is 5.92 Å². The SMILES string of the molecule is Cc1cnn(C(C(=O)N2CC(O)CC2C(=O)NCc2ccc(-c3scnc3C)cc2)C(C)C)c1. The van der Waals surface area contributed by atoms with Crippen LogP contribution in [0, 0.1) is 19.8 Å². The summed E-state index contributed by atoms with van der Waals surface area (Å²) in [5, 5.41) is 17.6. The van der Waals surface area contributed by atoms with Crippen molar-refractivity contribution in [3.63, 3.8) is 0 Å². The monoisotopic (exact) mass is 481 g/mol. The zero-order valence-electron chi connectivity index (χ0n) is 19.9. The summed E-state index contributed by atoms with van der Waals surface area (Å²) in [4.78, 5) is 33.5. The maximum atomic E-state index is 13.5. The number of aromatic nitrogens is 3. The number of amides is 2. The molecule has 0 radical (unpaired) electrons. The summed E-state index contributed by atoms with van der Waals surface area (Å²) in [6, 6.07) is 6.77. The van der Waals surface area contributed by atoms with Gasteiger partial charge in [-0.05, 0) is 36.5 Å². The third-order valence-corrected chi connectivity index (χ3v) is 7.17. The average molecular weight is 482 g/mol. The first-order valence-corrected chi connectivity index (χ1v) is 12.4. The van der Waals surface area contributed by atoms with Crippen LogP contribution >= 0.6 is 11.3 Å². The van der Waals surface area contributed by atoms with Crippen molar-refractivity contribution in [2.45, 2.75) is 58.8 Å². The van der Waals surface area contributed by atoms with Gasteiger partial charge in [-0.3, -0.25) is 14.3 Å². The second kappa shape index (κ2) is 10.1. The number of β-amino-alcohol motifs (C(OH)–C–C–N with tert-alkyl or cyclic N) is 1. The molecule has 3 atom stereocenters. The van der Waals surface area contributed by atoms with Crippen LogP contribution in [0.3, 0.4) is 0 Å². The molecule has 0 bridgehead atoms. The molecule has 9 heteroatoms. The highest BCUT2D eigenvalue weighted by molar-refractivity contribution is 7.13. The van der Waals surface area contributed by atoms with E-state index < -0.39 is 18.2 Å². The molecule has 1 fully saturated rings. The number of aliphatic hydroxyl groups is 1. The van der Waals surface area contributed by atoms with Crippen LogP contribution < -0.4 is 5.32 Å². The third-order valence-electron chi connectivity index (χ3n) is 6.19. The number of hydrogen-bond acceptors (Lipinski definition) is 6. The highest BCUT2D eigenvalue weighted by atomic mass is 32.1. The number of thiazole rings is 1. The lowest BCUT2D eigenvalue weighted by molar-refractivity contribution is -0.142. The van der Waals surface area contributed by atoms with Crippen LogP contribution in [-0.4, -0.2) is 55.3 Å². The Balaban J connectivity index is 1.43. The molecule has 4 rings (SSSR count). The van der Waals surface area contributed by atoms with Gasteiger partial charge in [-0.15, -0.1) is 11.3 Å². The Kier molecular flexibility index (Phi) is 7.13. The van der Waals surface area contributed by atoms with Crippen LogP contribution in [0.25, 0.3) is 10.4 Å². The standard InChI is InChI=1S/C25H31N5O3S/c1-15(2)22(30-12-16(3)10-28-30)25(33)29-13-20(31)9-21(29)24(32)26-11-18-5-7-19(8-6-18)23-17(4)27-14-34-23/h5-8,10,12,14-15,20-22,31H,9,11,13H2,1-4H3,(H,26,32). The summed E-state index contributed by atoms with van der Waals surface area (Å²) >= 11 is 1.60. The van der Waals surface area contributed by atoms with Gasteiger partial charge in [0.1, 0.15) is 12.1 Å². The second-order valence-corrected chi connectivity index (χ2v) is 10.1. The van der Waals surface area contributed by atoms with Crippen molar-refractivity contribution < 1.29 is 14.7 Å². The van der Waals surface area contributed by atoms with Crippen molar-refractivity contribution in [1.29, 1.82) is 0 Å². The first kappa shape index (κ1) is 24.1. The van der Waals surface area contributed by atoms with Gasteiger partial charge in [0.2, 0.25) is 11.8 Å². The molecule has 1 aliphatic rings. The van der Waals surface area contributed by atoms with Crippen molar-refractivity contribution in [2.75, 3.05) is 6.54 Å². The molecule has 0 saturated carbocycles.